The molecule has 1 N–H and O–H groups in total. The average Bonchev–Trinajstić information content (AvgIpc) is 2.43. The molecule has 0 radical (unpaired) electrons. The molecule has 1 aromatic rings. The van der Waals surface area contributed by atoms with E-state index in [1.807, 2.05) is 6.92 Å². The molecule has 0 saturated carbocycles. The van der Waals surface area contributed by atoms with E-state index in [-0.39, 0.29) is 0 Å². The van der Waals surface area contributed by atoms with E-state index in [0.29, 0.717) is 6.04 Å². The summed E-state index contributed by atoms with van der Waals surface area (Å²) in [6, 6.07) is 0.520. The zero-order chi connectivity index (χ0) is 9.84. The summed E-state index contributed by atoms with van der Waals surface area (Å²) < 4.78 is 2.16. The van der Waals surface area contributed by atoms with Crippen molar-refractivity contribution in [1.29, 1.82) is 0 Å². The third-order valence-corrected chi connectivity index (χ3v) is 2.06. The number of hydrogen-bond donors (Lipinski definition) is 1. The van der Waals surface area contributed by atoms with Crippen molar-refractivity contribution in [1.82, 2.24) is 14.9 Å². The van der Waals surface area contributed by atoms with Gasteiger partial charge in [0, 0.05) is 25.3 Å². The van der Waals surface area contributed by atoms with Gasteiger partial charge in [0.15, 0.2) is 0 Å². The van der Waals surface area contributed by atoms with Crippen LogP contribution in [0.2, 0.25) is 0 Å². The Morgan fingerprint density at radius 1 is 1.54 bits per heavy atom. The van der Waals surface area contributed by atoms with Gasteiger partial charge >= 0.3 is 0 Å². The van der Waals surface area contributed by atoms with Gasteiger partial charge in [-0.15, -0.1) is 0 Å². The van der Waals surface area contributed by atoms with Crippen molar-refractivity contribution in [3.8, 4) is 0 Å². The minimum absolute atomic E-state index is 0.520. The van der Waals surface area contributed by atoms with E-state index < -0.39 is 0 Å². The Labute approximate surface area is 80.2 Å². The second-order valence-electron chi connectivity index (χ2n) is 3.60. The molecule has 0 aliphatic rings. The van der Waals surface area contributed by atoms with Gasteiger partial charge in [0.1, 0.15) is 5.82 Å². The maximum atomic E-state index is 4.45. The van der Waals surface area contributed by atoms with Crippen molar-refractivity contribution < 1.29 is 0 Å². The normalized spacial score (nSPS) is 11.2. The van der Waals surface area contributed by atoms with Crippen molar-refractivity contribution >= 4 is 0 Å². The number of nitrogens with zero attached hydrogens (tertiary/aromatic N) is 2. The SMILES string of the molecule is CCn1cc(CNC(C)C)nc1C. The molecule has 0 atom stereocenters. The van der Waals surface area contributed by atoms with E-state index in [9.17, 15) is 0 Å². The fourth-order valence-electron chi connectivity index (χ4n) is 1.29. The smallest absolute Gasteiger partial charge is 0.105 e. The molecule has 0 spiro atoms. The Morgan fingerprint density at radius 2 is 2.23 bits per heavy atom. The van der Waals surface area contributed by atoms with Crippen LogP contribution >= 0.6 is 0 Å². The standard InChI is InChI=1S/C10H19N3/c1-5-13-7-10(12-9(13)4)6-11-8(2)3/h7-8,11H,5-6H2,1-4H3. The second-order valence-corrected chi connectivity index (χ2v) is 3.60. The van der Waals surface area contributed by atoms with Crippen molar-refractivity contribution in [3.63, 3.8) is 0 Å². The van der Waals surface area contributed by atoms with E-state index in [1.165, 1.54) is 0 Å². The van der Waals surface area contributed by atoms with Crippen molar-refractivity contribution in [3.05, 3.63) is 17.7 Å². The van der Waals surface area contributed by atoms with Crippen LogP contribution in [-0.4, -0.2) is 15.6 Å². The van der Waals surface area contributed by atoms with Crippen LogP contribution in [0.3, 0.4) is 0 Å². The van der Waals surface area contributed by atoms with Crippen molar-refractivity contribution in [2.24, 2.45) is 0 Å². The molecule has 3 heteroatoms. The second kappa shape index (κ2) is 4.42. The topological polar surface area (TPSA) is 29.9 Å². The number of hydrogen-bond acceptors (Lipinski definition) is 2. The summed E-state index contributed by atoms with van der Waals surface area (Å²) in [5.41, 5.74) is 1.13. The molecule has 1 rings (SSSR count). The third kappa shape index (κ3) is 2.84. The van der Waals surface area contributed by atoms with E-state index in [4.69, 9.17) is 0 Å². The first-order valence-electron chi connectivity index (χ1n) is 4.89. The van der Waals surface area contributed by atoms with Gasteiger partial charge in [0.05, 0.1) is 5.69 Å². The number of nitrogens with one attached hydrogen (secondary N) is 1. The van der Waals surface area contributed by atoms with Gasteiger partial charge in [-0.05, 0) is 13.8 Å². The van der Waals surface area contributed by atoms with Gasteiger partial charge in [0.2, 0.25) is 0 Å². The molecule has 0 saturated heterocycles. The summed E-state index contributed by atoms with van der Waals surface area (Å²) in [6.07, 6.45) is 2.12. The van der Waals surface area contributed by atoms with Gasteiger partial charge in [0.25, 0.3) is 0 Å². The molecule has 0 unspecified atom stereocenters. The summed E-state index contributed by atoms with van der Waals surface area (Å²) in [4.78, 5) is 4.45. The lowest BCUT2D eigenvalue weighted by atomic mass is 10.3. The summed E-state index contributed by atoms with van der Waals surface area (Å²) in [5.74, 6) is 1.10. The summed E-state index contributed by atoms with van der Waals surface area (Å²) >= 11 is 0. The van der Waals surface area contributed by atoms with Gasteiger partial charge in [-0.1, -0.05) is 13.8 Å². The lowest BCUT2D eigenvalue weighted by Crippen LogP contribution is -2.21. The third-order valence-electron chi connectivity index (χ3n) is 2.06. The monoisotopic (exact) mass is 181 g/mol. The van der Waals surface area contributed by atoms with Crippen LogP contribution in [0, 0.1) is 6.92 Å². The Balaban J connectivity index is 2.57. The Hall–Kier alpha value is -0.830. The van der Waals surface area contributed by atoms with Crippen LogP contribution in [0.25, 0.3) is 0 Å². The number of aryl methyl sites for hydroxylation is 2. The minimum atomic E-state index is 0.520. The number of imidazole rings is 1. The molecule has 0 bridgehead atoms. The van der Waals surface area contributed by atoms with E-state index in [1.54, 1.807) is 0 Å². The van der Waals surface area contributed by atoms with Crippen LogP contribution in [0.4, 0.5) is 0 Å². The molecule has 1 aromatic heterocycles. The molecule has 74 valence electrons. The fraction of sp³-hybridized carbons (Fsp3) is 0.700. The lowest BCUT2D eigenvalue weighted by Gasteiger charge is -2.04. The van der Waals surface area contributed by atoms with Crippen LogP contribution in [0.1, 0.15) is 32.3 Å². The lowest BCUT2D eigenvalue weighted by molar-refractivity contribution is 0.582. The predicted molar refractivity (Wildman–Crippen MR) is 54.6 cm³/mol. The first-order chi connectivity index (χ1) is 6.13. The van der Waals surface area contributed by atoms with Gasteiger partial charge in [-0.25, -0.2) is 4.98 Å². The summed E-state index contributed by atoms with van der Waals surface area (Å²) in [5, 5.41) is 3.35. The molecule has 0 aliphatic carbocycles. The van der Waals surface area contributed by atoms with E-state index in [2.05, 4.69) is 41.8 Å². The van der Waals surface area contributed by atoms with Crippen LogP contribution in [0.15, 0.2) is 6.20 Å². The molecule has 1 heterocycles. The highest BCUT2D eigenvalue weighted by Gasteiger charge is 2.02. The molecule has 0 aliphatic heterocycles. The van der Waals surface area contributed by atoms with E-state index in [0.717, 1.165) is 24.6 Å². The van der Waals surface area contributed by atoms with E-state index >= 15 is 0 Å². The average molecular weight is 181 g/mol. The number of aromatic nitrogens is 2. The zero-order valence-corrected chi connectivity index (χ0v) is 8.96. The van der Waals surface area contributed by atoms with Crippen LogP contribution < -0.4 is 5.32 Å². The molecule has 0 aromatic carbocycles. The van der Waals surface area contributed by atoms with Crippen LogP contribution in [-0.2, 0) is 13.1 Å². The van der Waals surface area contributed by atoms with Gasteiger partial charge < -0.3 is 9.88 Å². The largest absolute Gasteiger partial charge is 0.335 e. The molecular weight excluding hydrogens is 162 g/mol. The summed E-state index contributed by atoms with van der Waals surface area (Å²) in [7, 11) is 0. The Bertz CT molecular complexity index is 263. The van der Waals surface area contributed by atoms with Gasteiger partial charge in [-0.3, -0.25) is 0 Å². The maximum Gasteiger partial charge on any atom is 0.105 e. The Kier molecular flexibility index (Phi) is 3.48. The first kappa shape index (κ1) is 10.3. The minimum Gasteiger partial charge on any atom is -0.335 e. The zero-order valence-electron chi connectivity index (χ0n) is 8.96. The predicted octanol–water partition coefficient (Wildman–Crippen LogP) is 1.71. The highest BCUT2D eigenvalue weighted by Crippen LogP contribution is 2.01. The highest BCUT2D eigenvalue weighted by atomic mass is 15.1. The summed E-state index contributed by atoms with van der Waals surface area (Å²) in [6.45, 7) is 10.3. The molecule has 0 fully saturated rings. The van der Waals surface area contributed by atoms with Crippen LogP contribution in [0.5, 0.6) is 0 Å². The van der Waals surface area contributed by atoms with Crippen molar-refractivity contribution in [2.45, 2.75) is 46.8 Å². The van der Waals surface area contributed by atoms with Gasteiger partial charge in [-0.2, -0.15) is 0 Å². The number of rotatable bonds is 4. The molecule has 13 heavy (non-hydrogen) atoms. The fourth-order valence-corrected chi connectivity index (χ4v) is 1.29. The van der Waals surface area contributed by atoms with Crippen molar-refractivity contribution in [2.75, 3.05) is 0 Å². The highest BCUT2D eigenvalue weighted by molar-refractivity contribution is 5.02. The quantitative estimate of drug-likeness (QED) is 0.766. The maximum absolute atomic E-state index is 4.45. The first-order valence-corrected chi connectivity index (χ1v) is 4.89. The molecular formula is C10H19N3. The molecule has 3 nitrogen and oxygen atoms in total. The Morgan fingerprint density at radius 3 is 2.69 bits per heavy atom. The molecule has 0 amide bonds.